The summed E-state index contributed by atoms with van der Waals surface area (Å²) in [6, 6.07) is 17.2. The smallest absolute Gasteiger partial charge is 0.303 e. The molecule has 0 radical (unpaired) electrons. The highest BCUT2D eigenvalue weighted by atomic mass is 16.5. The maximum Gasteiger partial charge on any atom is 0.303 e. The zero-order valence-corrected chi connectivity index (χ0v) is 24.3. The topological polar surface area (TPSA) is 66.8 Å². The first-order valence-electron chi connectivity index (χ1n) is 15.8. The molecule has 2 saturated carbocycles. The van der Waals surface area contributed by atoms with Crippen LogP contribution >= 0.6 is 0 Å². The van der Waals surface area contributed by atoms with Crippen molar-refractivity contribution in [1.29, 1.82) is 0 Å². The third-order valence-electron chi connectivity index (χ3n) is 10.4. The fraction of sp³-hybridized carbons (Fsp3) is 0.583. The summed E-state index contributed by atoms with van der Waals surface area (Å²) < 4.78 is 6.22. The van der Waals surface area contributed by atoms with Gasteiger partial charge in [0.05, 0.1) is 6.10 Å². The number of unbranched alkanes of at least 4 members (excludes halogenated alkanes) is 6. The number of carboxylic acids is 1. The molecule has 6 atom stereocenters. The summed E-state index contributed by atoms with van der Waals surface area (Å²) in [7, 11) is 0. The molecule has 2 fully saturated rings. The first-order valence-corrected chi connectivity index (χ1v) is 15.8. The largest absolute Gasteiger partial charge is 0.489 e. The van der Waals surface area contributed by atoms with Gasteiger partial charge in [-0.1, -0.05) is 81.2 Å². The van der Waals surface area contributed by atoms with Crippen molar-refractivity contribution in [3.63, 3.8) is 0 Å². The van der Waals surface area contributed by atoms with E-state index >= 15 is 0 Å². The van der Waals surface area contributed by atoms with Crippen molar-refractivity contribution < 1.29 is 19.7 Å². The molecule has 4 heteroatoms. The van der Waals surface area contributed by atoms with Gasteiger partial charge in [-0.15, -0.1) is 0 Å². The first kappa shape index (κ1) is 28.9. The van der Waals surface area contributed by atoms with E-state index in [9.17, 15) is 9.90 Å². The van der Waals surface area contributed by atoms with Crippen LogP contribution in [0.15, 0.2) is 60.7 Å². The summed E-state index contributed by atoms with van der Waals surface area (Å²) in [5.41, 5.74) is 4.22. The molecule has 0 amide bonds. The van der Waals surface area contributed by atoms with Gasteiger partial charge < -0.3 is 14.9 Å². The number of hydrogen-bond acceptors (Lipinski definition) is 3. The Bertz CT molecular complexity index is 1140. The predicted molar refractivity (Wildman–Crippen MR) is 160 cm³/mol. The highest BCUT2D eigenvalue weighted by Gasteiger charge is 2.56. The van der Waals surface area contributed by atoms with Crippen molar-refractivity contribution >= 4 is 5.97 Å². The summed E-state index contributed by atoms with van der Waals surface area (Å²) >= 11 is 0. The molecular weight excluding hydrogens is 496 g/mol. The van der Waals surface area contributed by atoms with E-state index in [4.69, 9.17) is 9.84 Å². The van der Waals surface area contributed by atoms with Gasteiger partial charge in [-0.05, 0) is 109 Å². The van der Waals surface area contributed by atoms with Gasteiger partial charge in [-0.3, -0.25) is 4.79 Å². The third kappa shape index (κ3) is 6.65. The van der Waals surface area contributed by atoms with Crippen molar-refractivity contribution in [1.82, 2.24) is 0 Å². The van der Waals surface area contributed by atoms with E-state index in [1.54, 1.807) is 0 Å². The molecule has 0 saturated heterocycles. The number of aliphatic hydroxyl groups excluding tert-OH is 1. The molecule has 0 aromatic heterocycles. The quantitative estimate of drug-likeness (QED) is 0.196. The van der Waals surface area contributed by atoms with Gasteiger partial charge in [-0.2, -0.15) is 0 Å². The van der Waals surface area contributed by atoms with Crippen molar-refractivity contribution in [3.05, 3.63) is 77.4 Å². The fourth-order valence-electron chi connectivity index (χ4n) is 8.18. The predicted octanol–water partition coefficient (Wildman–Crippen LogP) is 8.47. The molecule has 2 aromatic rings. The minimum absolute atomic E-state index is 0.0597. The second kappa shape index (κ2) is 13.4. The molecule has 2 N–H and O–H groups in total. The maximum absolute atomic E-state index is 11.0. The fourth-order valence-corrected chi connectivity index (χ4v) is 8.18. The summed E-state index contributed by atoms with van der Waals surface area (Å²) in [6.45, 7) is 2.95. The average Bonchev–Trinajstić information content (AvgIpc) is 3.26. The van der Waals surface area contributed by atoms with Crippen LogP contribution in [0.25, 0.3) is 0 Å². The lowest BCUT2D eigenvalue weighted by molar-refractivity contribution is -0.137. The summed E-state index contributed by atoms with van der Waals surface area (Å²) in [5.74, 6) is 2.54. The molecule has 4 nitrogen and oxygen atoms in total. The van der Waals surface area contributed by atoms with E-state index in [0.717, 1.165) is 63.5 Å². The van der Waals surface area contributed by atoms with E-state index in [0.29, 0.717) is 36.7 Å². The Hall–Kier alpha value is -2.59. The summed E-state index contributed by atoms with van der Waals surface area (Å²) in [4.78, 5) is 10.7. The first-order chi connectivity index (χ1) is 19.5. The van der Waals surface area contributed by atoms with E-state index in [-0.39, 0.29) is 11.5 Å². The van der Waals surface area contributed by atoms with E-state index < -0.39 is 5.97 Å². The van der Waals surface area contributed by atoms with E-state index in [2.05, 4.69) is 61.5 Å². The highest BCUT2D eigenvalue weighted by Crippen LogP contribution is 2.62. The Morgan fingerprint density at radius 2 is 1.77 bits per heavy atom. The molecule has 5 rings (SSSR count). The molecule has 3 aliphatic carbocycles. The van der Waals surface area contributed by atoms with Crippen molar-refractivity contribution in [2.45, 2.75) is 109 Å². The molecule has 0 unspecified atom stereocenters. The van der Waals surface area contributed by atoms with Crippen LogP contribution in [0.5, 0.6) is 5.75 Å². The lowest BCUT2D eigenvalue weighted by atomic mass is 9.52. The Labute approximate surface area is 240 Å². The lowest BCUT2D eigenvalue weighted by Crippen LogP contribution is -2.46. The van der Waals surface area contributed by atoms with Gasteiger partial charge in [-0.25, -0.2) is 0 Å². The van der Waals surface area contributed by atoms with Crippen molar-refractivity contribution in [3.8, 4) is 5.75 Å². The summed E-state index contributed by atoms with van der Waals surface area (Å²) in [5, 5.41) is 19.7. The van der Waals surface area contributed by atoms with E-state index in [1.165, 1.54) is 36.0 Å². The SMILES string of the molecule is C[C@]12CC[C@@H]3c4ccc(OCc5ccccc5)cc4C[C@@H](C=CCCCCCCCCC(=O)O)[C@H]3[C@@H]1CC[C@@H]2O. The zero-order valence-electron chi connectivity index (χ0n) is 24.3. The van der Waals surface area contributed by atoms with Gasteiger partial charge in [0.15, 0.2) is 0 Å². The number of carboxylic acid groups (broad SMARTS) is 1. The van der Waals surface area contributed by atoms with Crippen LogP contribution in [0.2, 0.25) is 0 Å². The van der Waals surface area contributed by atoms with Crippen molar-refractivity contribution in [2.24, 2.45) is 23.2 Å². The molecule has 0 heterocycles. The van der Waals surface area contributed by atoms with Crippen LogP contribution in [0.3, 0.4) is 0 Å². The number of hydrogen-bond donors (Lipinski definition) is 2. The molecule has 216 valence electrons. The Morgan fingerprint density at radius 3 is 2.58 bits per heavy atom. The Kier molecular flexibility index (Phi) is 9.68. The second-order valence-electron chi connectivity index (χ2n) is 12.9. The van der Waals surface area contributed by atoms with Crippen LogP contribution < -0.4 is 4.74 Å². The minimum atomic E-state index is -0.681. The van der Waals surface area contributed by atoms with Crippen LogP contribution in [-0.4, -0.2) is 22.3 Å². The Balaban J connectivity index is 1.24. The number of aliphatic carboxylic acids is 1. The molecule has 0 bridgehead atoms. The molecule has 40 heavy (non-hydrogen) atoms. The standard InChI is InChI=1S/C36H48O4/c1-36-22-21-31-30-18-17-29(40-25-26-13-9-8-10-14-26)24-28(30)23-27(35(31)32(36)19-20-33(36)37)15-11-6-4-2-3-5-7-12-16-34(38)39/h8-11,13-15,17-18,24,27,31-33,35,37H,2-7,12,16,19-23,25H2,1H3,(H,38,39)/t27-,31-,32+,33+,35-,36+/m1/s1. The number of benzene rings is 2. The maximum atomic E-state index is 11.0. The number of carbonyl (C=O) groups is 1. The lowest BCUT2D eigenvalue weighted by Gasteiger charge is -2.52. The number of aliphatic hydroxyl groups is 1. The zero-order chi connectivity index (χ0) is 28.0. The number of ether oxygens (including phenoxy) is 1. The van der Waals surface area contributed by atoms with Gasteiger partial charge >= 0.3 is 5.97 Å². The van der Waals surface area contributed by atoms with Crippen LogP contribution in [0.1, 0.15) is 107 Å². The van der Waals surface area contributed by atoms with Gasteiger partial charge in [0.25, 0.3) is 0 Å². The highest BCUT2D eigenvalue weighted by molar-refractivity contribution is 5.66. The molecule has 0 aliphatic heterocycles. The molecule has 3 aliphatic rings. The normalized spacial score (nSPS) is 29.1. The monoisotopic (exact) mass is 544 g/mol. The molecular formula is C36H48O4. The number of fused-ring (bicyclic) bond motifs is 5. The Morgan fingerprint density at radius 1 is 1.00 bits per heavy atom. The van der Waals surface area contributed by atoms with Crippen LogP contribution in [0.4, 0.5) is 0 Å². The van der Waals surface area contributed by atoms with Gasteiger partial charge in [0.1, 0.15) is 12.4 Å². The summed E-state index contributed by atoms with van der Waals surface area (Å²) in [6.07, 6.45) is 18.2. The second-order valence-corrected chi connectivity index (χ2v) is 12.9. The third-order valence-corrected chi connectivity index (χ3v) is 10.4. The minimum Gasteiger partial charge on any atom is -0.489 e. The molecule has 0 spiro atoms. The van der Waals surface area contributed by atoms with Crippen LogP contribution in [0, 0.1) is 23.2 Å². The van der Waals surface area contributed by atoms with Crippen molar-refractivity contribution in [2.75, 3.05) is 0 Å². The van der Waals surface area contributed by atoms with Crippen LogP contribution in [-0.2, 0) is 17.8 Å². The van der Waals surface area contributed by atoms with Gasteiger partial charge in [0.2, 0.25) is 0 Å². The number of allylic oxidation sites excluding steroid dienone is 2. The van der Waals surface area contributed by atoms with E-state index in [1.807, 2.05) is 6.07 Å². The number of rotatable bonds is 13. The molecule has 2 aromatic carbocycles. The average molecular weight is 545 g/mol. The van der Waals surface area contributed by atoms with Gasteiger partial charge in [0, 0.05) is 6.42 Å².